The number of carbonyl (C=O) groups is 1. The Morgan fingerprint density at radius 2 is 2.50 bits per heavy atom. The van der Waals surface area contributed by atoms with E-state index in [1.807, 2.05) is 17.9 Å². The summed E-state index contributed by atoms with van der Waals surface area (Å²) in [7, 11) is 0. The number of alkyl halides is 1. The molecule has 3 nitrogen and oxygen atoms in total. The van der Waals surface area contributed by atoms with Crippen molar-refractivity contribution in [2.45, 2.75) is 25.8 Å². The summed E-state index contributed by atoms with van der Waals surface area (Å²) in [6, 6.07) is 3.81. The third kappa shape index (κ3) is 2.05. The van der Waals surface area contributed by atoms with E-state index in [0.717, 1.165) is 25.1 Å². The molecule has 1 saturated heterocycles. The van der Waals surface area contributed by atoms with Crippen molar-refractivity contribution in [3.63, 3.8) is 0 Å². The summed E-state index contributed by atoms with van der Waals surface area (Å²) in [5.41, 5.74) is 1.48. The van der Waals surface area contributed by atoms with Crippen molar-refractivity contribution in [3.05, 3.63) is 29.6 Å². The van der Waals surface area contributed by atoms with E-state index in [1.54, 1.807) is 12.3 Å². The lowest BCUT2D eigenvalue weighted by atomic mass is 10.1. The summed E-state index contributed by atoms with van der Waals surface area (Å²) < 4.78 is 0. The largest absolute Gasteiger partial charge is 0.334 e. The van der Waals surface area contributed by atoms with Crippen molar-refractivity contribution in [1.82, 2.24) is 9.88 Å². The minimum atomic E-state index is 0.0637. The number of carbonyl (C=O) groups excluding carboxylic acids is 1. The average Bonchev–Trinajstić information content (AvgIpc) is 2.77. The van der Waals surface area contributed by atoms with Gasteiger partial charge in [-0.05, 0) is 31.9 Å². The zero-order valence-corrected chi connectivity index (χ0v) is 10.1. The molecule has 0 bridgehead atoms. The Hall–Kier alpha value is -1.09. The average molecular weight is 239 g/mol. The first-order chi connectivity index (χ1) is 7.74. The van der Waals surface area contributed by atoms with E-state index in [2.05, 4.69) is 4.98 Å². The highest BCUT2D eigenvalue weighted by molar-refractivity contribution is 6.18. The van der Waals surface area contributed by atoms with Gasteiger partial charge in [-0.15, -0.1) is 11.6 Å². The van der Waals surface area contributed by atoms with E-state index >= 15 is 0 Å². The molecule has 1 amide bonds. The maximum atomic E-state index is 12.3. The van der Waals surface area contributed by atoms with Crippen molar-refractivity contribution in [1.29, 1.82) is 0 Å². The van der Waals surface area contributed by atoms with Crippen LogP contribution in [0.25, 0.3) is 0 Å². The molecule has 0 N–H and O–H groups in total. The second-order valence-electron chi connectivity index (χ2n) is 4.09. The molecule has 1 fully saturated rings. The fourth-order valence-corrected chi connectivity index (χ4v) is 2.45. The summed E-state index contributed by atoms with van der Waals surface area (Å²) in [4.78, 5) is 18.3. The minimum Gasteiger partial charge on any atom is -0.334 e. The van der Waals surface area contributed by atoms with Crippen LogP contribution in [0.1, 0.15) is 28.9 Å². The standard InChI is InChI=1S/C12H15ClN2O/c1-9-11(5-2-6-14-9)12(16)15-7-3-4-10(15)8-13/h2,5-6,10H,3-4,7-8H2,1H3. The molecule has 1 atom stereocenters. The molecule has 1 unspecified atom stereocenters. The quantitative estimate of drug-likeness (QED) is 0.741. The normalized spacial score (nSPS) is 20.1. The van der Waals surface area contributed by atoms with Gasteiger partial charge in [0.25, 0.3) is 5.91 Å². The summed E-state index contributed by atoms with van der Waals surface area (Å²) in [6.07, 6.45) is 3.76. The first-order valence-corrected chi connectivity index (χ1v) is 6.06. The summed E-state index contributed by atoms with van der Waals surface area (Å²) >= 11 is 5.86. The first kappa shape index (κ1) is 11.4. The van der Waals surface area contributed by atoms with Gasteiger partial charge in [0.1, 0.15) is 0 Å². The molecule has 0 aliphatic carbocycles. The Labute approximate surface area is 100 Å². The maximum absolute atomic E-state index is 12.3. The minimum absolute atomic E-state index is 0.0637. The number of hydrogen-bond acceptors (Lipinski definition) is 2. The molecule has 0 aromatic carbocycles. The second-order valence-corrected chi connectivity index (χ2v) is 4.39. The van der Waals surface area contributed by atoms with Crippen molar-refractivity contribution in [2.24, 2.45) is 0 Å². The van der Waals surface area contributed by atoms with Gasteiger partial charge in [-0.3, -0.25) is 9.78 Å². The summed E-state index contributed by atoms with van der Waals surface area (Å²) in [5.74, 6) is 0.583. The second kappa shape index (κ2) is 4.83. The van der Waals surface area contributed by atoms with Gasteiger partial charge in [-0.25, -0.2) is 0 Å². The van der Waals surface area contributed by atoms with E-state index in [-0.39, 0.29) is 11.9 Å². The molecule has 0 saturated carbocycles. The number of rotatable bonds is 2. The van der Waals surface area contributed by atoms with Crippen molar-refractivity contribution < 1.29 is 4.79 Å². The molecule has 16 heavy (non-hydrogen) atoms. The smallest absolute Gasteiger partial charge is 0.255 e. The third-order valence-corrected chi connectivity index (χ3v) is 3.41. The van der Waals surface area contributed by atoms with Crippen LogP contribution < -0.4 is 0 Å². The van der Waals surface area contributed by atoms with Crippen LogP contribution in [0.3, 0.4) is 0 Å². The summed E-state index contributed by atoms with van der Waals surface area (Å²) in [5, 5.41) is 0. The van der Waals surface area contributed by atoms with Gasteiger partial charge < -0.3 is 4.90 Å². The zero-order valence-electron chi connectivity index (χ0n) is 9.32. The van der Waals surface area contributed by atoms with Crippen molar-refractivity contribution >= 4 is 17.5 Å². The highest BCUT2D eigenvalue weighted by atomic mass is 35.5. The van der Waals surface area contributed by atoms with Crippen LogP contribution >= 0.6 is 11.6 Å². The molecule has 86 valence electrons. The van der Waals surface area contributed by atoms with Crippen molar-refractivity contribution in [3.8, 4) is 0 Å². The van der Waals surface area contributed by atoms with E-state index < -0.39 is 0 Å². The lowest BCUT2D eigenvalue weighted by Crippen LogP contribution is -2.36. The number of aromatic nitrogens is 1. The van der Waals surface area contributed by atoms with E-state index in [9.17, 15) is 4.79 Å². The van der Waals surface area contributed by atoms with E-state index in [0.29, 0.717) is 11.4 Å². The van der Waals surface area contributed by atoms with Crippen LogP contribution in [0.4, 0.5) is 0 Å². The molecule has 2 heterocycles. The Bertz CT molecular complexity index is 394. The van der Waals surface area contributed by atoms with Gasteiger partial charge in [0.05, 0.1) is 5.56 Å². The van der Waals surface area contributed by atoms with Gasteiger partial charge in [0, 0.05) is 30.4 Å². The van der Waals surface area contributed by atoms with Crippen LogP contribution in [0.15, 0.2) is 18.3 Å². The highest BCUT2D eigenvalue weighted by Gasteiger charge is 2.29. The lowest BCUT2D eigenvalue weighted by Gasteiger charge is -2.23. The zero-order chi connectivity index (χ0) is 11.5. The third-order valence-electron chi connectivity index (χ3n) is 3.05. The van der Waals surface area contributed by atoms with Crippen LogP contribution in [-0.4, -0.2) is 34.3 Å². The Morgan fingerprint density at radius 3 is 3.19 bits per heavy atom. The molecule has 1 aliphatic rings. The molecular weight excluding hydrogens is 224 g/mol. The van der Waals surface area contributed by atoms with Crippen LogP contribution in [0, 0.1) is 6.92 Å². The van der Waals surface area contributed by atoms with E-state index in [1.165, 1.54) is 0 Å². The number of likely N-dealkylation sites (tertiary alicyclic amines) is 1. The first-order valence-electron chi connectivity index (χ1n) is 5.52. The lowest BCUT2D eigenvalue weighted by molar-refractivity contribution is 0.0748. The number of halogens is 1. The summed E-state index contributed by atoms with van der Waals surface area (Å²) in [6.45, 7) is 2.67. The molecule has 0 spiro atoms. The fraction of sp³-hybridized carbons (Fsp3) is 0.500. The SMILES string of the molecule is Cc1ncccc1C(=O)N1CCCC1CCl. The predicted molar refractivity (Wildman–Crippen MR) is 63.8 cm³/mol. The molecule has 4 heteroatoms. The van der Waals surface area contributed by atoms with Gasteiger partial charge in [0.15, 0.2) is 0 Å². The Balaban J connectivity index is 2.22. The van der Waals surface area contributed by atoms with Gasteiger partial charge >= 0.3 is 0 Å². The monoisotopic (exact) mass is 238 g/mol. The van der Waals surface area contributed by atoms with Crippen LogP contribution in [0.5, 0.6) is 0 Å². The highest BCUT2D eigenvalue weighted by Crippen LogP contribution is 2.21. The number of pyridine rings is 1. The Morgan fingerprint density at radius 1 is 1.69 bits per heavy atom. The van der Waals surface area contributed by atoms with Gasteiger partial charge in [0.2, 0.25) is 0 Å². The fourth-order valence-electron chi connectivity index (χ4n) is 2.13. The number of hydrogen-bond donors (Lipinski definition) is 0. The molecule has 0 radical (unpaired) electrons. The topological polar surface area (TPSA) is 33.2 Å². The number of aryl methyl sites for hydroxylation is 1. The van der Waals surface area contributed by atoms with Crippen LogP contribution in [0.2, 0.25) is 0 Å². The molecule has 1 aromatic heterocycles. The molecule has 2 rings (SSSR count). The predicted octanol–water partition coefficient (Wildman–Crippen LogP) is 2.23. The number of nitrogens with zero attached hydrogens (tertiary/aromatic N) is 2. The van der Waals surface area contributed by atoms with Crippen LogP contribution in [-0.2, 0) is 0 Å². The molecule has 1 aromatic rings. The molecular formula is C12H15ClN2O. The number of amides is 1. The van der Waals surface area contributed by atoms with Gasteiger partial charge in [-0.2, -0.15) is 0 Å². The van der Waals surface area contributed by atoms with Gasteiger partial charge in [-0.1, -0.05) is 0 Å². The Kier molecular flexibility index (Phi) is 3.44. The maximum Gasteiger partial charge on any atom is 0.255 e. The van der Waals surface area contributed by atoms with E-state index in [4.69, 9.17) is 11.6 Å². The molecule has 1 aliphatic heterocycles. The van der Waals surface area contributed by atoms with Crippen molar-refractivity contribution in [2.75, 3.05) is 12.4 Å².